The van der Waals surface area contributed by atoms with E-state index >= 15 is 0 Å². The molecule has 4 N–H and O–H groups in total. The van der Waals surface area contributed by atoms with E-state index in [9.17, 15) is 19.5 Å². The van der Waals surface area contributed by atoms with Gasteiger partial charge in [-0.15, -0.1) is 6.42 Å². The van der Waals surface area contributed by atoms with Crippen LogP contribution in [-0.2, 0) is 16.0 Å². The first-order chi connectivity index (χ1) is 13.8. The van der Waals surface area contributed by atoms with E-state index in [2.05, 4.69) is 21.3 Å². The van der Waals surface area contributed by atoms with Gasteiger partial charge in [0.25, 0.3) is 5.56 Å². The van der Waals surface area contributed by atoms with Crippen molar-refractivity contribution in [3.8, 4) is 12.3 Å². The van der Waals surface area contributed by atoms with Crippen molar-refractivity contribution in [3.63, 3.8) is 0 Å². The Bertz CT molecular complexity index is 1060. The molecule has 1 aliphatic carbocycles. The number of aromatic nitrogens is 2. The molecule has 0 saturated heterocycles. The molecule has 0 fully saturated rings. The number of aliphatic carboxylic acids is 2. The van der Waals surface area contributed by atoms with Gasteiger partial charge < -0.3 is 15.2 Å². The number of hydrazine groups is 1. The smallest absolute Gasteiger partial charge is 0.322 e. The van der Waals surface area contributed by atoms with E-state index in [0.29, 0.717) is 23.1 Å². The Morgan fingerprint density at radius 3 is 2.86 bits per heavy atom. The summed E-state index contributed by atoms with van der Waals surface area (Å²) in [4.78, 5) is 41.8. The molecule has 29 heavy (non-hydrogen) atoms. The summed E-state index contributed by atoms with van der Waals surface area (Å²) in [6, 6.07) is 2.35. The average Bonchev–Trinajstić information content (AvgIpc) is 3.05. The van der Waals surface area contributed by atoms with Crippen molar-refractivity contribution in [2.24, 2.45) is 0 Å². The van der Waals surface area contributed by atoms with E-state index in [1.165, 1.54) is 0 Å². The number of carbonyl (C=O) groups is 2. The number of fused-ring (bicyclic) bond motifs is 2. The van der Waals surface area contributed by atoms with Gasteiger partial charge in [0.15, 0.2) is 0 Å². The fraction of sp³-hybridized carbons (Fsp3) is 0.400. The summed E-state index contributed by atoms with van der Waals surface area (Å²) < 4.78 is 0. The van der Waals surface area contributed by atoms with Crippen LogP contribution in [0.5, 0.6) is 0 Å². The highest BCUT2D eigenvalue weighted by Gasteiger charge is 2.31. The lowest BCUT2D eigenvalue weighted by Gasteiger charge is -2.31. The van der Waals surface area contributed by atoms with Crippen LogP contribution in [0.3, 0.4) is 0 Å². The van der Waals surface area contributed by atoms with Gasteiger partial charge in [-0.1, -0.05) is 5.92 Å². The highest BCUT2D eigenvalue weighted by Crippen LogP contribution is 2.36. The lowest BCUT2D eigenvalue weighted by Crippen LogP contribution is -2.50. The third-order valence-electron chi connectivity index (χ3n) is 5.04. The van der Waals surface area contributed by atoms with Gasteiger partial charge in [-0.3, -0.25) is 14.4 Å². The lowest BCUT2D eigenvalue weighted by molar-refractivity contribution is -0.142. The van der Waals surface area contributed by atoms with E-state index in [0.717, 1.165) is 17.5 Å². The number of nitrogens with one attached hydrogen (secondary N) is 2. The van der Waals surface area contributed by atoms with Crippen LogP contribution in [0.1, 0.15) is 42.3 Å². The molecule has 0 radical (unpaired) electrons. The molecule has 0 unspecified atom stereocenters. The minimum atomic E-state index is -1.15. The topological polar surface area (TPSA) is 136 Å². The Balaban J connectivity index is 1.93. The molecule has 1 aromatic heterocycles. The Labute approximate surface area is 166 Å². The molecule has 0 bridgehead atoms. The lowest BCUT2D eigenvalue weighted by atomic mass is 10.0. The molecule has 0 amide bonds. The second-order valence-electron chi connectivity index (χ2n) is 7.06. The number of benzene rings is 1. The molecule has 2 atom stereocenters. The van der Waals surface area contributed by atoms with E-state index in [-0.39, 0.29) is 31.0 Å². The fourth-order valence-corrected chi connectivity index (χ4v) is 3.72. The second-order valence-corrected chi connectivity index (χ2v) is 7.06. The maximum atomic E-state index is 12.3. The third-order valence-corrected chi connectivity index (χ3v) is 5.04. The summed E-state index contributed by atoms with van der Waals surface area (Å²) in [5.41, 5.74) is 5.19. The van der Waals surface area contributed by atoms with Gasteiger partial charge in [-0.25, -0.2) is 15.4 Å². The SMILES string of the molecule is C#CCN(N[C@@H](CCC(=O)O)C(=O)O)[C@H]1CCc2cc3nc(C)[nH]c(=O)c3cc21. The number of hydrogen-bond donors (Lipinski definition) is 4. The van der Waals surface area contributed by atoms with Crippen LogP contribution in [0.25, 0.3) is 10.9 Å². The maximum Gasteiger partial charge on any atom is 0.322 e. The van der Waals surface area contributed by atoms with E-state index in [1.54, 1.807) is 18.0 Å². The minimum Gasteiger partial charge on any atom is -0.481 e. The highest BCUT2D eigenvalue weighted by atomic mass is 16.4. The molecule has 3 rings (SSSR count). The molecule has 0 spiro atoms. The number of nitrogens with zero attached hydrogens (tertiary/aromatic N) is 2. The van der Waals surface area contributed by atoms with Crippen molar-refractivity contribution < 1.29 is 19.8 Å². The van der Waals surface area contributed by atoms with Gasteiger partial charge >= 0.3 is 11.9 Å². The number of carboxylic acid groups (broad SMARTS) is 2. The molecule has 0 saturated carbocycles. The molecular weight excluding hydrogens is 376 g/mol. The highest BCUT2D eigenvalue weighted by molar-refractivity contribution is 5.80. The Morgan fingerprint density at radius 2 is 2.21 bits per heavy atom. The third kappa shape index (κ3) is 4.45. The number of aromatic amines is 1. The molecule has 9 heteroatoms. The Kier molecular flexibility index (Phi) is 5.96. The van der Waals surface area contributed by atoms with Gasteiger partial charge in [0.1, 0.15) is 11.9 Å². The van der Waals surface area contributed by atoms with Gasteiger partial charge in [-0.05, 0) is 49.4 Å². The predicted molar refractivity (Wildman–Crippen MR) is 105 cm³/mol. The predicted octanol–water partition coefficient (Wildman–Crippen LogP) is 0.977. The number of aryl methyl sites for hydroxylation is 2. The Morgan fingerprint density at radius 1 is 1.45 bits per heavy atom. The van der Waals surface area contributed by atoms with Crippen molar-refractivity contribution in [3.05, 3.63) is 39.4 Å². The van der Waals surface area contributed by atoms with Gasteiger partial charge in [0.2, 0.25) is 0 Å². The average molecular weight is 398 g/mol. The summed E-state index contributed by atoms with van der Waals surface area (Å²) in [5.74, 6) is 0.832. The van der Waals surface area contributed by atoms with Crippen LogP contribution in [-0.4, -0.2) is 49.7 Å². The molecule has 9 nitrogen and oxygen atoms in total. The first-order valence-corrected chi connectivity index (χ1v) is 9.24. The summed E-state index contributed by atoms with van der Waals surface area (Å²) in [5, 5.41) is 20.4. The van der Waals surface area contributed by atoms with Crippen molar-refractivity contribution in [2.45, 2.75) is 44.7 Å². The molecule has 0 aliphatic heterocycles. The summed E-state index contributed by atoms with van der Waals surface area (Å²) in [6.45, 7) is 1.85. The van der Waals surface area contributed by atoms with Crippen molar-refractivity contribution in [1.82, 2.24) is 20.4 Å². The Hall–Kier alpha value is -3.22. The van der Waals surface area contributed by atoms with Crippen molar-refractivity contribution >= 4 is 22.8 Å². The zero-order chi connectivity index (χ0) is 21.1. The van der Waals surface area contributed by atoms with Gasteiger partial charge in [0.05, 0.1) is 23.5 Å². The standard InChI is InChI=1S/C20H22N4O5/c1-3-8-24(23-15(20(28)29)5-7-18(25)26)17-6-4-12-9-16-14(10-13(12)17)19(27)22-11(2)21-16/h1,9-10,15,17,23H,4-8H2,2H3,(H,25,26)(H,28,29)(H,21,22,27)/t15-,17-/m0/s1. The second kappa shape index (κ2) is 8.43. The summed E-state index contributed by atoms with van der Waals surface area (Å²) in [7, 11) is 0. The van der Waals surface area contributed by atoms with Crippen LogP contribution >= 0.6 is 0 Å². The van der Waals surface area contributed by atoms with Gasteiger partial charge in [0, 0.05) is 6.42 Å². The van der Waals surface area contributed by atoms with Crippen LogP contribution < -0.4 is 11.0 Å². The molecular formula is C20H22N4O5. The van der Waals surface area contributed by atoms with E-state index in [4.69, 9.17) is 11.5 Å². The number of carboxylic acids is 2. The quantitative estimate of drug-likeness (QED) is 0.382. The minimum absolute atomic E-state index is 0.0775. The van der Waals surface area contributed by atoms with E-state index < -0.39 is 18.0 Å². The number of terminal acetylenes is 1. The fourth-order valence-electron chi connectivity index (χ4n) is 3.72. The number of rotatable bonds is 8. The van der Waals surface area contributed by atoms with Crippen LogP contribution in [0.2, 0.25) is 0 Å². The van der Waals surface area contributed by atoms with E-state index in [1.807, 2.05) is 6.07 Å². The van der Waals surface area contributed by atoms with Crippen molar-refractivity contribution in [1.29, 1.82) is 0 Å². The molecule has 2 aromatic rings. The zero-order valence-electron chi connectivity index (χ0n) is 15.9. The molecule has 152 valence electrons. The van der Waals surface area contributed by atoms with Crippen LogP contribution in [0, 0.1) is 19.3 Å². The van der Waals surface area contributed by atoms with Crippen LogP contribution in [0.15, 0.2) is 16.9 Å². The normalized spacial score (nSPS) is 16.5. The van der Waals surface area contributed by atoms with Crippen LogP contribution in [0.4, 0.5) is 0 Å². The number of H-pyrrole nitrogens is 1. The number of hydrogen-bond acceptors (Lipinski definition) is 6. The van der Waals surface area contributed by atoms with Crippen molar-refractivity contribution in [2.75, 3.05) is 6.54 Å². The molecule has 1 heterocycles. The maximum absolute atomic E-state index is 12.3. The first kappa shape index (κ1) is 20.5. The summed E-state index contributed by atoms with van der Waals surface area (Å²) >= 11 is 0. The largest absolute Gasteiger partial charge is 0.481 e. The first-order valence-electron chi connectivity index (χ1n) is 9.24. The van der Waals surface area contributed by atoms with Gasteiger partial charge in [-0.2, -0.15) is 0 Å². The monoisotopic (exact) mass is 398 g/mol. The zero-order valence-corrected chi connectivity index (χ0v) is 15.9. The molecule has 1 aromatic carbocycles. The molecule has 1 aliphatic rings. The summed E-state index contributed by atoms with van der Waals surface area (Å²) in [6.07, 6.45) is 6.55.